The summed E-state index contributed by atoms with van der Waals surface area (Å²) in [4.78, 5) is 0. The van der Waals surface area contributed by atoms with Gasteiger partial charge in [0.15, 0.2) is 5.79 Å². The first-order chi connectivity index (χ1) is 68.5. The van der Waals surface area contributed by atoms with Crippen molar-refractivity contribution >= 4 is 0 Å². The van der Waals surface area contributed by atoms with Gasteiger partial charge in [0.1, 0.15) is 0 Å². The zero-order chi connectivity index (χ0) is 111. The van der Waals surface area contributed by atoms with E-state index in [1.165, 1.54) is 270 Å². The molecule has 876 valence electrons. The van der Waals surface area contributed by atoms with Gasteiger partial charge in [-0.3, -0.25) is 0 Å². The molecular weight excluding hydrogens is 1800 g/mol. The molecule has 146 heavy (non-hydrogen) atoms. The molecule has 0 radical (unpaired) electrons. The summed E-state index contributed by atoms with van der Waals surface area (Å²) in [5.74, 6) is 22.6. The number of ether oxygens (including phenoxy) is 4. The number of hydrogen-bond donors (Lipinski definition) is 3. The molecule has 1 aromatic rings. The largest absolute Gasteiger partial charge is 0.396 e. The Kier molecular flexibility index (Phi) is 91.5. The van der Waals surface area contributed by atoms with E-state index >= 15 is 0 Å². The van der Waals surface area contributed by atoms with E-state index in [9.17, 15) is 19.0 Å². The zero-order valence-corrected chi connectivity index (χ0v) is 107. The lowest BCUT2D eigenvalue weighted by Gasteiger charge is -2.55. The predicted octanol–water partition coefficient (Wildman–Crippen LogP) is 44.2. The maximum absolute atomic E-state index is 11.3. The fourth-order valence-electron chi connectivity index (χ4n) is 24.6. The molecule has 1 saturated heterocycles. The molecule has 12 fully saturated rings. The van der Waals surface area contributed by atoms with Crippen LogP contribution >= 0.6 is 0 Å². The van der Waals surface area contributed by atoms with Crippen LogP contribution in [0.4, 0.5) is 8.78 Å². The molecule has 4 bridgehead atoms. The van der Waals surface area contributed by atoms with Crippen molar-refractivity contribution in [2.45, 2.75) is 658 Å². The number of benzene rings is 1. The minimum Gasteiger partial charge on any atom is -0.396 e. The van der Waals surface area contributed by atoms with Gasteiger partial charge >= 0.3 is 0 Å². The highest BCUT2D eigenvalue weighted by Gasteiger charge is 2.49. The first-order valence-corrected chi connectivity index (χ1v) is 64.4. The summed E-state index contributed by atoms with van der Waals surface area (Å²) >= 11 is 0. The van der Waals surface area contributed by atoms with E-state index in [2.05, 4.69) is 266 Å². The Morgan fingerprint density at radius 3 is 1.12 bits per heavy atom. The molecule has 7 nitrogen and oxygen atoms in total. The van der Waals surface area contributed by atoms with Gasteiger partial charge in [-0.05, 0) is 347 Å². The highest BCUT2D eigenvalue weighted by molar-refractivity contribution is 5.21. The van der Waals surface area contributed by atoms with Crippen LogP contribution in [0, 0.1) is 153 Å². The molecule has 0 spiro atoms. The van der Waals surface area contributed by atoms with Crippen molar-refractivity contribution in [2.75, 3.05) is 33.0 Å². The summed E-state index contributed by atoms with van der Waals surface area (Å²) in [6.07, 6.45) is 71.1. The number of unbranched alkanes of at least 4 members (excludes halogenated alkanes) is 2. The van der Waals surface area contributed by atoms with Crippen LogP contribution in [0.1, 0.15) is 628 Å². The molecule has 11 aliphatic carbocycles. The van der Waals surface area contributed by atoms with Gasteiger partial charge in [-0.15, -0.1) is 0 Å². The Morgan fingerprint density at radius 1 is 0.397 bits per heavy atom. The fourth-order valence-corrected chi connectivity index (χ4v) is 24.6. The van der Waals surface area contributed by atoms with Crippen molar-refractivity contribution in [3.05, 3.63) is 35.9 Å². The Morgan fingerprint density at radius 2 is 0.788 bits per heavy atom. The van der Waals surface area contributed by atoms with E-state index in [1.807, 2.05) is 20.8 Å². The van der Waals surface area contributed by atoms with Crippen LogP contribution in [0.3, 0.4) is 0 Å². The van der Waals surface area contributed by atoms with Gasteiger partial charge in [0.2, 0.25) is 6.43 Å². The number of hydrogen-bond acceptors (Lipinski definition) is 7. The number of rotatable bonds is 43. The summed E-state index contributed by atoms with van der Waals surface area (Å²) in [5.41, 5.74) is 1.50. The minimum atomic E-state index is -2.12. The fraction of sp³-hybridized carbons (Fsp3) is 0.956. The summed E-state index contributed by atoms with van der Waals surface area (Å²) in [5, 5.41) is 28.4. The Labute approximate surface area is 917 Å². The highest BCUT2D eigenvalue weighted by Crippen LogP contribution is 2.58. The van der Waals surface area contributed by atoms with E-state index < -0.39 is 12.0 Å². The van der Waals surface area contributed by atoms with Crippen molar-refractivity contribution in [2.24, 2.45) is 153 Å². The summed E-state index contributed by atoms with van der Waals surface area (Å²) in [6.45, 7) is 90.6. The van der Waals surface area contributed by atoms with Crippen molar-refractivity contribution in [1.82, 2.24) is 0 Å². The molecule has 1 aromatic carbocycles. The maximum Gasteiger partial charge on any atom is 0.238 e. The van der Waals surface area contributed by atoms with Crippen LogP contribution in [0.5, 0.6) is 0 Å². The smallest absolute Gasteiger partial charge is 0.238 e. The summed E-state index contributed by atoms with van der Waals surface area (Å²) in [6, 6.07) is 11.2. The van der Waals surface area contributed by atoms with Crippen LogP contribution in [-0.4, -0.2) is 84.0 Å². The van der Waals surface area contributed by atoms with Crippen molar-refractivity contribution < 1.29 is 43.0 Å². The molecule has 0 amide bonds. The van der Waals surface area contributed by atoms with Gasteiger partial charge in [0.25, 0.3) is 0 Å². The molecule has 12 aliphatic rings. The molecule has 9 heteroatoms. The SMILES string of the molecule is CC(C)C1C2CC3CC(C2)CC1C3.CC(C)CC(C)(C)C1CCCC1.CC(C)CC(C)(O)C1CCCC1.CC(C)CC(F)F.CC(C)CC(c1ccccc1)C1CCCC1.CC(C)CCC1(C)OCCO1.CC(C)CCC1(O)CCCC1.CC(C)CCC1CC1.CC(C)CCC1CCCC1.CC(C)CCO.CC(C)CCOC1CCCC1.CCCC(C)C.CCCCC(C)C.CCCCC(C)C.CCOC(C)CC(C)C. The van der Waals surface area contributed by atoms with Gasteiger partial charge in [-0.25, -0.2) is 8.78 Å². The van der Waals surface area contributed by atoms with Gasteiger partial charge in [-0.1, -0.05) is 452 Å². The van der Waals surface area contributed by atoms with Crippen LogP contribution in [0.25, 0.3) is 0 Å². The Balaban J connectivity index is -0.00000151. The van der Waals surface area contributed by atoms with Crippen molar-refractivity contribution in [3.63, 3.8) is 0 Å². The standard InChI is InChI=1S/C16H24.C13H22.C12H24.C11H22O.2C10H20O.C10H20.C9H18O2.C8H18O.C8H16.2C7H16.C6H14.C5H10F2.C5H12O/c1-13(2)12-16(15-10-6-7-11-15)14-8-4-3-5-9-14;1-8(2)13-11-4-9-3-10(6-11)7-12(13)5-9;1-10(2)9-12(3,4)11-7-5-6-8-11;1-9(2)8-11(3,12)10-6-4-5-7-10;1-9(2)5-8-10(11)6-3-4-7-10;1-9(2)7-8-11-10-5-3-4-6-10;1-9(2)7-8-10-5-3-4-6-10;1-8(2)4-5-9(3)10-6-7-11-9;1-5-9-8(4)6-7(2)3;1-7(2)3-4-8-5-6-8;2*1-4-5-6-7(2)3;1-4-5-6(2)3;1-4(2)3-5(6)7;1-5(2)3-4-6/h3-5,8-9,13,15-16H,6-7,10-12H2,1-2H3;8-13H,3-7H2,1-2H3;10-11H,5-9H2,1-4H3;9-10,12H,4-8H2,1-3H3;9,11H,3-8H2,1-2H3;9-10H,3-8H2,1-2H3;9-10H,3-8H2,1-2H3;8H,4-7H2,1-3H3;7-8H,5-6H2,1-4H3;7-8H,3-6H2,1-2H3;2*7H,4-6H2,1-3H3;6H,4-5H2,1-3H3;4-5H,3H2,1-2H3;5-6H,3-4H2,1-2H3. The van der Waals surface area contributed by atoms with Gasteiger partial charge in [0.05, 0.1) is 36.6 Å². The predicted molar refractivity (Wildman–Crippen MR) is 647 cm³/mol. The first-order valence-electron chi connectivity index (χ1n) is 64.4. The van der Waals surface area contributed by atoms with E-state index in [-0.39, 0.29) is 23.7 Å². The lowest BCUT2D eigenvalue weighted by atomic mass is 9.50. The summed E-state index contributed by atoms with van der Waals surface area (Å²) in [7, 11) is 0. The third-order valence-electron chi connectivity index (χ3n) is 32.8. The van der Waals surface area contributed by atoms with Crippen LogP contribution in [-0.2, 0) is 18.9 Å². The van der Waals surface area contributed by atoms with E-state index in [1.54, 1.807) is 51.5 Å². The van der Waals surface area contributed by atoms with Crippen LogP contribution in [0.15, 0.2) is 30.3 Å². The molecule has 1 heterocycles. The number of halogens is 2. The molecule has 13 rings (SSSR count). The number of aliphatic hydroxyl groups excluding tert-OH is 1. The molecular formula is C137H272F2O7. The average Bonchev–Trinajstić information content (AvgIpc) is 1.07. The molecule has 0 aromatic heterocycles. The van der Waals surface area contributed by atoms with Gasteiger partial charge in [0, 0.05) is 32.7 Å². The third kappa shape index (κ3) is 86.9. The monoisotopic (exact) mass is 2070 g/mol. The third-order valence-corrected chi connectivity index (χ3v) is 32.8. The second-order valence-corrected chi connectivity index (χ2v) is 56.1. The molecule has 3 unspecified atom stereocenters. The Hall–Kier alpha value is -1.20. The normalized spacial score (nSPS) is 21.3. The topological polar surface area (TPSA) is 97.6 Å². The molecule has 3 atom stereocenters. The molecule has 3 N–H and O–H groups in total. The zero-order valence-electron chi connectivity index (χ0n) is 107. The van der Waals surface area contributed by atoms with E-state index in [0.717, 1.165) is 195 Å². The van der Waals surface area contributed by atoms with Crippen LogP contribution < -0.4 is 0 Å². The van der Waals surface area contributed by atoms with Gasteiger partial charge < -0.3 is 34.3 Å². The van der Waals surface area contributed by atoms with Crippen molar-refractivity contribution in [3.8, 4) is 0 Å². The molecule has 11 saturated carbocycles. The summed E-state index contributed by atoms with van der Waals surface area (Å²) < 4.78 is 44.6. The Bertz CT molecular complexity index is 2740. The first kappa shape index (κ1) is 149. The van der Waals surface area contributed by atoms with E-state index in [0.29, 0.717) is 42.0 Å². The minimum absolute atomic E-state index is 0.0278. The second kappa shape index (κ2) is 89.7. The van der Waals surface area contributed by atoms with Crippen molar-refractivity contribution in [1.29, 1.82) is 0 Å². The second-order valence-electron chi connectivity index (χ2n) is 56.1. The quantitative estimate of drug-likeness (QED) is 0.0599. The lowest BCUT2D eigenvalue weighted by Crippen LogP contribution is -2.46. The van der Waals surface area contributed by atoms with E-state index in [4.69, 9.17) is 24.1 Å². The number of aliphatic hydroxyl groups is 3. The van der Waals surface area contributed by atoms with Crippen LogP contribution in [0.2, 0.25) is 0 Å². The maximum atomic E-state index is 11.3. The average molecular weight is 2070 g/mol. The molecule has 1 aliphatic heterocycles. The number of alkyl halides is 2. The van der Waals surface area contributed by atoms with Gasteiger partial charge in [-0.2, -0.15) is 0 Å². The lowest BCUT2D eigenvalue weighted by molar-refractivity contribution is -0.148. The highest BCUT2D eigenvalue weighted by atomic mass is 19.3.